The summed E-state index contributed by atoms with van der Waals surface area (Å²) in [5.41, 5.74) is 1.09. The Balaban J connectivity index is 1.72. The van der Waals surface area contributed by atoms with Crippen LogP contribution in [0.1, 0.15) is 23.2 Å². The number of aromatic amines is 1. The molecule has 1 aromatic carbocycles. The van der Waals surface area contributed by atoms with Gasteiger partial charge in [-0.05, 0) is 25.0 Å². The van der Waals surface area contributed by atoms with Crippen LogP contribution in [0.5, 0.6) is 0 Å². The van der Waals surface area contributed by atoms with E-state index in [-0.39, 0.29) is 6.10 Å². The molecule has 6 heteroatoms. The van der Waals surface area contributed by atoms with E-state index >= 15 is 0 Å². The van der Waals surface area contributed by atoms with Gasteiger partial charge in [-0.2, -0.15) is 0 Å². The molecule has 21 heavy (non-hydrogen) atoms. The second-order valence-corrected chi connectivity index (χ2v) is 5.50. The molecule has 1 aliphatic rings. The molecule has 1 atom stereocenters. The number of nitrogens with one attached hydrogen (secondary N) is 2. The maximum atomic E-state index is 12.2. The van der Waals surface area contributed by atoms with E-state index in [1.165, 1.54) is 6.20 Å². The highest BCUT2D eigenvalue weighted by atomic mass is 35.5. The third-order valence-electron chi connectivity index (χ3n) is 3.61. The molecule has 1 saturated heterocycles. The summed E-state index contributed by atoms with van der Waals surface area (Å²) in [4.78, 5) is 27.1. The van der Waals surface area contributed by atoms with E-state index in [1.54, 1.807) is 18.2 Å². The summed E-state index contributed by atoms with van der Waals surface area (Å²) in [7, 11) is 0. The van der Waals surface area contributed by atoms with Crippen molar-refractivity contribution in [3.8, 4) is 0 Å². The Hall–Kier alpha value is -1.85. The fourth-order valence-electron chi connectivity index (χ4n) is 2.50. The highest BCUT2D eigenvalue weighted by Gasteiger charge is 2.22. The number of fused-ring (bicyclic) bond motifs is 1. The molecule has 1 aliphatic heterocycles. The fourth-order valence-corrected chi connectivity index (χ4v) is 2.67. The largest absolute Gasteiger partial charge is 0.376 e. The number of hydrogen-bond donors (Lipinski definition) is 2. The number of aromatic nitrogens is 1. The SMILES string of the molecule is O=C(NCC1CCCO1)C(=O)c1c[nH]c2cc(Cl)ccc12. The van der Waals surface area contributed by atoms with Crippen LogP contribution >= 0.6 is 11.6 Å². The molecule has 110 valence electrons. The number of rotatable bonds is 4. The van der Waals surface area contributed by atoms with Gasteiger partial charge in [0, 0.05) is 35.3 Å². The Morgan fingerprint density at radius 2 is 2.29 bits per heavy atom. The molecule has 5 nitrogen and oxygen atoms in total. The van der Waals surface area contributed by atoms with Gasteiger partial charge in [-0.25, -0.2) is 0 Å². The lowest BCUT2D eigenvalue weighted by atomic mass is 10.1. The number of amides is 1. The summed E-state index contributed by atoms with van der Waals surface area (Å²) in [6.07, 6.45) is 3.47. The van der Waals surface area contributed by atoms with Gasteiger partial charge in [0.2, 0.25) is 0 Å². The number of H-pyrrole nitrogens is 1. The van der Waals surface area contributed by atoms with E-state index in [9.17, 15) is 9.59 Å². The average molecular weight is 307 g/mol. The number of hydrogen-bond acceptors (Lipinski definition) is 3. The fraction of sp³-hybridized carbons (Fsp3) is 0.333. The van der Waals surface area contributed by atoms with Gasteiger partial charge in [0.1, 0.15) is 0 Å². The lowest BCUT2D eigenvalue weighted by Crippen LogP contribution is -2.36. The van der Waals surface area contributed by atoms with Crippen molar-refractivity contribution in [2.75, 3.05) is 13.2 Å². The Morgan fingerprint density at radius 3 is 3.05 bits per heavy atom. The van der Waals surface area contributed by atoms with Crippen LogP contribution in [0.4, 0.5) is 0 Å². The Labute approximate surface area is 126 Å². The van der Waals surface area contributed by atoms with Crippen LogP contribution in [0.3, 0.4) is 0 Å². The molecule has 1 fully saturated rings. The maximum Gasteiger partial charge on any atom is 0.292 e. The Morgan fingerprint density at radius 1 is 1.43 bits per heavy atom. The first-order chi connectivity index (χ1) is 10.1. The topological polar surface area (TPSA) is 71.2 Å². The van der Waals surface area contributed by atoms with Crippen LogP contribution in [0.15, 0.2) is 24.4 Å². The number of carbonyl (C=O) groups is 2. The first kappa shape index (κ1) is 14.1. The van der Waals surface area contributed by atoms with Crippen molar-refractivity contribution in [3.63, 3.8) is 0 Å². The Bertz CT molecular complexity index is 689. The molecule has 0 bridgehead atoms. The molecule has 0 radical (unpaired) electrons. The summed E-state index contributed by atoms with van der Waals surface area (Å²) in [5, 5.41) is 3.90. The van der Waals surface area contributed by atoms with Crippen molar-refractivity contribution in [1.82, 2.24) is 10.3 Å². The number of ketones is 1. The molecule has 1 aromatic heterocycles. The van der Waals surface area contributed by atoms with E-state index in [0.29, 0.717) is 22.5 Å². The summed E-state index contributed by atoms with van der Waals surface area (Å²) < 4.78 is 5.41. The minimum Gasteiger partial charge on any atom is -0.376 e. The van der Waals surface area contributed by atoms with Crippen LogP contribution in [-0.2, 0) is 9.53 Å². The van der Waals surface area contributed by atoms with Crippen LogP contribution < -0.4 is 5.32 Å². The van der Waals surface area contributed by atoms with Crippen molar-refractivity contribution < 1.29 is 14.3 Å². The highest BCUT2D eigenvalue weighted by Crippen LogP contribution is 2.22. The first-order valence-electron chi connectivity index (χ1n) is 6.86. The van der Waals surface area contributed by atoms with E-state index in [1.807, 2.05) is 0 Å². The highest BCUT2D eigenvalue weighted by molar-refractivity contribution is 6.45. The van der Waals surface area contributed by atoms with Crippen LogP contribution in [0.2, 0.25) is 5.02 Å². The zero-order valence-corrected chi connectivity index (χ0v) is 12.1. The number of carbonyl (C=O) groups excluding carboxylic acids is 2. The maximum absolute atomic E-state index is 12.2. The van der Waals surface area contributed by atoms with E-state index in [0.717, 1.165) is 25.0 Å². The number of benzene rings is 1. The van der Waals surface area contributed by atoms with Crippen LogP contribution in [0, 0.1) is 0 Å². The van der Waals surface area contributed by atoms with Gasteiger partial charge in [0.15, 0.2) is 0 Å². The molecule has 2 aromatic rings. The van der Waals surface area contributed by atoms with E-state index in [2.05, 4.69) is 10.3 Å². The standard InChI is InChI=1S/C15H15ClN2O3/c16-9-3-4-11-12(8-17-13(11)6-9)14(19)15(20)18-7-10-2-1-5-21-10/h3-4,6,8,10,17H,1-2,5,7H2,(H,18,20). The van der Waals surface area contributed by atoms with Crippen molar-refractivity contribution >= 4 is 34.2 Å². The third kappa shape index (κ3) is 2.94. The Kier molecular flexibility index (Phi) is 3.94. The molecular weight excluding hydrogens is 292 g/mol. The predicted octanol–water partition coefficient (Wildman–Crippen LogP) is 2.30. The molecule has 3 rings (SSSR count). The van der Waals surface area contributed by atoms with Gasteiger partial charge in [0.05, 0.1) is 11.7 Å². The molecule has 0 spiro atoms. The molecule has 2 N–H and O–H groups in total. The second kappa shape index (κ2) is 5.87. The summed E-state index contributed by atoms with van der Waals surface area (Å²) in [6, 6.07) is 5.14. The second-order valence-electron chi connectivity index (χ2n) is 5.07. The van der Waals surface area contributed by atoms with Crippen molar-refractivity contribution in [3.05, 3.63) is 35.0 Å². The third-order valence-corrected chi connectivity index (χ3v) is 3.84. The van der Waals surface area contributed by atoms with Gasteiger partial charge in [0.25, 0.3) is 11.7 Å². The van der Waals surface area contributed by atoms with E-state index < -0.39 is 11.7 Å². The minimum atomic E-state index is -0.610. The van der Waals surface area contributed by atoms with Gasteiger partial charge < -0.3 is 15.0 Å². The lowest BCUT2D eigenvalue weighted by molar-refractivity contribution is -0.117. The minimum absolute atomic E-state index is 0.0172. The van der Waals surface area contributed by atoms with Gasteiger partial charge in [-0.3, -0.25) is 9.59 Å². The first-order valence-corrected chi connectivity index (χ1v) is 7.24. The van der Waals surface area contributed by atoms with Gasteiger partial charge in [-0.1, -0.05) is 17.7 Å². The number of ether oxygens (including phenoxy) is 1. The molecule has 0 saturated carbocycles. The zero-order chi connectivity index (χ0) is 14.8. The van der Waals surface area contributed by atoms with Crippen molar-refractivity contribution in [2.45, 2.75) is 18.9 Å². The van der Waals surface area contributed by atoms with Crippen LogP contribution in [0.25, 0.3) is 10.9 Å². The molecule has 1 amide bonds. The van der Waals surface area contributed by atoms with Crippen molar-refractivity contribution in [2.24, 2.45) is 0 Å². The monoisotopic (exact) mass is 306 g/mol. The van der Waals surface area contributed by atoms with E-state index in [4.69, 9.17) is 16.3 Å². The number of Topliss-reactive ketones (excluding diaryl/α,β-unsaturated/α-hetero) is 1. The van der Waals surface area contributed by atoms with Gasteiger partial charge >= 0.3 is 0 Å². The predicted molar refractivity (Wildman–Crippen MR) is 79.6 cm³/mol. The summed E-state index contributed by atoms with van der Waals surface area (Å²) >= 11 is 5.89. The molecule has 1 unspecified atom stereocenters. The quantitative estimate of drug-likeness (QED) is 0.672. The lowest BCUT2D eigenvalue weighted by Gasteiger charge is -2.09. The molecular formula is C15H15ClN2O3. The normalized spacial score (nSPS) is 18.0. The summed E-state index contributed by atoms with van der Waals surface area (Å²) in [6.45, 7) is 1.09. The van der Waals surface area contributed by atoms with Crippen molar-refractivity contribution in [1.29, 1.82) is 0 Å². The number of halogens is 1. The summed E-state index contributed by atoms with van der Waals surface area (Å²) in [5.74, 6) is -1.16. The van der Waals surface area contributed by atoms with Gasteiger partial charge in [-0.15, -0.1) is 0 Å². The average Bonchev–Trinajstić information content (AvgIpc) is 3.12. The zero-order valence-electron chi connectivity index (χ0n) is 11.3. The van der Waals surface area contributed by atoms with Crippen LogP contribution in [-0.4, -0.2) is 35.9 Å². The molecule has 0 aliphatic carbocycles. The smallest absolute Gasteiger partial charge is 0.292 e. The molecule has 2 heterocycles.